The van der Waals surface area contributed by atoms with Crippen molar-refractivity contribution in [1.82, 2.24) is 4.98 Å². The molecular formula is C11H18NO3P. The van der Waals surface area contributed by atoms with Gasteiger partial charge >= 0.3 is 7.60 Å². The van der Waals surface area contributed by atoms with Gasteiger partial charge in [-0.1, -0.05) is 6.07 Å². The highest BCUT2D eigenvalue weighted by molar-refractivity contribution is 7.53. The molecule has 0 unspecified atom stereocenters. The first-order valence-electron chi connectivity index (χ1n) is 5.39. The summed E-state index contributed by atoms with van der Waals surface area (Å²) in [6.07, 6.45) is 1.98. The molecule has 5 heteroatoms. The van der Waals surface area contributed by atoms with E-state index in [1.54, 1.807) is 20.0 Å². The lowest BCUT2D eigenvalue weighted by atomic mass is 10.3. The van der Waals surface area contributed by atoms with Crippen LogP contribution in [0.3, 0.4) is 0 Å². The van der Waals surface area contributed by atoms with Gasteiger partial charge in [-0.2, -0.15) is 0 Å². The summed E-state index contributed by atoms with van der Waals surface area (Å²) in [6.45, 7) is 6.32. The van der Waals surface area contributed by atoms with Crippen LogP contribution in [0.5, 0.6) is 0 Å². The van der Waals surface area contributed by atoms with Crippen molar-refractivity contribution in [1.29, 1.82) is 0 Å². The molecule has 0 aliphatic carbocycles. The standard InChI is InChI=1S/C11H18NO3P/c1-4-14-16(13,15-5-2)9-11-7-6-10(3)8-12-11/h6-8H,4-5,9H2,1-3H3. The summed E-state index contributed by atoms with van der Waals surface area (Å²) in [5, 5.41) is 0. The topological polar surface area (TPSA) is 48.4 Å². The van der Waals surface area contributed by atoms with Crippen LogP contribution in [0.1, 0.15) is 25.1 Å². The SMILES string of the molecule is CCOP(=O)(Cc1ccc(C)cn1)OCC. The van der Waals surface area contributed by atoms with Crippen LogP contribution in [0.2, 0.25) is 0 Å². The Morgan fingerprint density at radius 2 is 1.88 bits per heavy atom. The highest BCUT2D eigenvalue weighted by atomic mass is 31.2. The molecule has 0 spiro atoms. The summed E-state index contributed by atoms with van der Waals surface area (Å²) in [7, 11) is -3.02. The minimum absolute atomic E-state index is 0.231. The second kappa shape index (κ2) is 6.14. The number of aryl methyl sites for hydroxylation is 1. The predicted molar refractivity (Wildman–Crippen MR) is 63.5 cm³/mol. The monoisotopic (exact) mass is 243 g/mol. The lowest BCUT2D eigenvalue weighted by molar-refractivity contribution is 0.219. The van der Waals surface area contributed by atoms with Crippen molar-refractivity contribution in [3.8, 4) is 0 Å². The average molecular weight is 243 g/mol. The third kappa shape index (κ3) is 4.05. The molecule has 1 aromatic rings. The van der Waals surface area contributed by atoms with Crippen LogP contribution in [0, 0.1) is 6.92 Å². The van der Waals surface area contributed by atoms with Gasteiger partial charge in [0.2, 0.25) is 0 Å². The Kier molecular flexibility index (Phi) is 5.13. The van der Waals surface area contributed by atoms with Crippen molar-refractivity contribution in [2.45, 2.75) is 26.9 Å². The second-order valence-corrected chi connectivity index (χ2v) is 5.49. The van der Waals surface area contributed by atoms with Crippen LogP contribution in [-0.2, 0) is 19.8 Å². The van der Waals surface area contributed by atoms with E-state index in [0.717, 1.165) is 11.3 Å². The molecule has 0 aliphatic heterocycles. The molecule has 0 fully saturated rings. The summed E-state index contributed by atoms with van der Waals surface area (Å²) in [5.41, 5.74) is 1.81. The van der Waals surface area contributed by atoms with Crippen LogP contribution in [-0.4, -0.2) is 18.2 Å². The third-order valence-electron chi connectivity index (χ3n) is 1.98. The molecule has 0 saturated heterocycles. The van der Waals surface area contributed by atoms with Gasteiger partial charge in [0, 0.05) is 6.20 Å². The van der Waals surface area contributed by atoms with Crippen molar-refractivity contribution in [2.24, 2.45) is 0 Å². The first kappa shape index (κ1) is 13.4. The normalized spacial score (nSPS) is 11.7. The van der Waals surface area contributed by atoms with Gasteiger partial charge in [-0.05, 0) is 32.4 Å². The molecular weight excluding hydrogens is 225 g/mol. The van der Waals surface area contributed by atoms with Gasteiger partial charge in [-0.25, -0.2) is 0 Å². The third-order valence-corrected chi connectivity index (χ3v) is 3.99. The number of rotatable bonds is 6. The first-order valence-corrected chi connectivity index (χ1v) is 7.12. The number of hydrogen-bond acceptors (Lipinski definition) is 4. The maximum atomic E-state index is 12.2. The molecule has 0 amide bonds. The fourth-order valence-corrected chi connectivity index (χ4v) is 2.94. The van der Waals surface area contributed by atoms with Gasteiger partial charge in [0.1, 0.15) is 0 Å². The molecule has 16 heavy (non-hydrogen) atoms. The minimum atomic E-state index is -3.02. The highest BCUT2D eigenvalue weighted by Gasteiger charge is 2.24. The van der Waals surface area contributed by atoms with E-state index in [4.69, 9.17) is 9.05 Å². The summed E-state index contributed by atoms with van der Waals surface area (Å²) in [6, 6.07) is 3.78. The highest BCUT2D eigenvalue weighted by Crippen LogP contribution is 2.50. The Morgan fingerprint density at radius 1 is 1.25 bits per heavy atom. The zero-order valence-corrected chi connectivity index (χ0v) is 10.9. The smallest absolute Gasteiger partial charge is 0.309 e. The number of hydrogen-bond donors (Lipinski definition) is 0. The summed E-state index contributed by atoms with van der Waals surface area (Å²) >= 11 is 0. The van der Waals surface area contributed by atoms with Crippen LogP contribution < -0.4 is 0 Å². The zero-order chi connectivity index (χ0) is 12.0. The Bertz CT molecular complexity index is 354. The van der Waals surface area contributed by atoms with Crippen molar-refractivity contribution >= 4 is 7.60 Å². The first-order chi connectivity index (χ1) is 7.59. The Balaban J connectivity index is 2.75. The summed E-state index contributed by atoms with van der Waals surface area (Å²) < 4.78 is 22.6. The molecule has 0 N–H and O–H groups in total. The van der Waals surface area contributed by atoms with E-state index in [1.165, 1.54) is 0 Å². The van der Waals surface area contributed by atoms with Gasteiger partial charge < -0.3 is 9.05 Å². The molecule has 0 radical (unpaired) electrons. The van der Waals surface area contributed by atoms with E-state index >= 15 is 0 Å². The molecule has 0 aliphatic rings. The van der Waals surface area contributed by atoms with Crippen LogP contribution >= 0.6 is 7.60 Å². The molecule has 4 nitrogen and oxygen atoms in total. The fourth-order valence-electron chi connectivity index (χ4n) is 1.31. The molecule has 90 valence electrons. The second-order valence-electron chi connectivity index (χ2n) is 3.43. The molecule has 1 heterocycles. The van der Waals surface area contributed by atoms with E-state index < -0.39 is 7.60 Å². The average Bonchev–Trinajstić information content (AvgIpc) is 2.22. The van der Waals surface area contributed by atoms with E-state index in [9.17, 15) is 4.57 Å². The Hall–Kier alpha value is -0.700. The minimum Gasteiger partial charge on any atom is -0.309 e. The van der Waals surface area contributed by atoms with Crippen molar-refractivity contribution in [3.63, 3.8) is 0 Å². The van der Waals surface area contributed by atoms with Gasteiger partial charge in [0.25, 0.3) is 0 Å². The predicted octanol–water partition coefficient (Wildman–Crippen LogP) is 3.16. The van der Waals surface area contributed by atoms with Crippen LogP contribution in [0.4, 0.5) is 0 Å². The van der Waals surface area contributed by atoms with Gasteiger partial charge in [-0.15, -0.1) is 0 Å². The van der Waals surface area contributed by atoms with E-state index in [1.807, 2.05) is 19.1 Å². The number of nitrogens with zero attached hydrogens (tertiary/aromatic N) is 1. The lowest BCUT2D eigenvalue weighted by Gasteiger charge is -2.16. The largest absolute Gasteiger partial charge is 0.336 e. The fraction of sp³-hybridized carbons (Fsp3) is 0.545. The molecule has 1 rings (SSSR count). The quantitative estimate of drug-likeness (QED) is 0.720. The Labute approximate surface area is 96.5 Å². The molecule has 1 aromatic heterocycles. The number of pyridine rings is 1. The van der Waals surface area contributed by atoms with Gasteiger partial charge in [0.15, 0.2) is 0 Å². The summed E-state index contributed by atoms with van der Waals surface area (Å²) in [4.78, 5) is 4.20. The molecule has 0 saturated carbocycles. The Morgan fingerprint density at radius 3 is 2.31 bits per heavy atom. The molecule has 0 aromatic carbocycles. The lowest BCUT2D eigenvalue weighted by Crippen LogP contribution is -2.00. The van der Waals surface area contributed by atoms with E-state index in [-0.39, 0.29) is 6.16 Å². The van der Waals surface area contributed by atoms with E-state index in [2.05, 4.69) is 4.98 Å². The van der Waals surface area contributed by atoms with E-state index in [0.29, 0.717) is 13.2 Å². The molecule has 0 atom stereocenters. The van der Waals surface area contributed by atoms with Crippen molar-refractivity contribution in [2.75, 3.05) is 13.2 Å². The van der Waals surface area contributed by atoms with Gasteiger partial charge in [0.05, 0.1) is 25.1 Å². The molecule has 0 bridgehead atoms. The van der Waals surface area contributed by atoms with Crippen molar-refractivity contribution in [3.05, 3.63) is 29.6 Å². The van der Waals surface area contributed by atoms with Crippen molar-refractivity contribution < 1.29 is 13.6 Å². The van der Waals surface area contributed by atoms with Crippen LogP contribution in [0.25, 0.3) is 0 Å². The maximum Gasteiger partial charge on any atom is 0.336 e. The van der Waals surface area contributed by atoms with Crippen LogP contribution in [0.15, 0.2) is 18.3 Å². The zero-order valence-electron chi connectivity index (χ0n) is 9.97. The number of aromatic nitrogens is 1. The van der Waals surface area contributed by atoms with Gasteiger partial charge in [-0.3, -0.25) is 9.55 Å². The summed E-state index contributed by atoms with van der Waals surface area (Å²) in [5.74, 6) is 0. The maximum absolute atomic E-state index is 12.2.